The van der Waals surface area contributed by atoms with Gasteiger partial charge in [-0.2, -0.15) is 0 Å². The van der Waals surface area contributed by atoms with E-state index < -0.39 is 8.32 Å². The third-order valence-electron chi connectivity index (χ3n) is 6.77. The summed E-state index contributed by atoms with van der Waals surface area (Å²) in [4.78, 5) is 11.7. The lowest BCUT2D eigenvalue weighted by Crippen LogP contribution is -2.66. The summed E-state index contributed by atoms with van der Waals surface area (Å²) < 4.78 is 18.0. The van der Waals surface area contributed by atoms with Gasteiger partial charge >= 0.3 is 5.97 Å². The van der Waals surface area contributed by atoms with Crippen LogP contribution in [0.5, 0.6) is 0 Å². The van der Waals surface area contributed by atoms with Gasteiger partial charge in [-0.3, -0.25) is 0 Å². The first-order chi connectivity index (χ1) is 16.7. The van der Waals surface area contributed by atoms with E-state index in [1.807, 2.05) is 6.08 Å². The molecule has 1 aliphatic rings. The summed E-state index contributed by atoms with van der Waals surface area (Å²) >= 11 is 0. The average Bonchev–Trinajstić information content (AvgIpc) is 3.19. The molecule has 0 bridgehead atoms. The second-order valence-corrected chi connectivity index (χ2v) is 14.7. The van der Waals surface area contributed by atoms with Crippen LogP contribution >= 0.6 is 0 Å². The van der Waals surface area contributed by atoms with E-state index >= 15 is 0 Å². The zero-order valence-corrected chi connectivity index (χ0v) is 23.0. The third kappa shape index (κ3) is 6.40. The van der Waals surface area contributed by atoms with Gasteiger partial charge in [0.15, 0.2) is 0 Å². The van der Waals surface area contributed by atoms with E-state index in [1.54, 1.807) is 6.92 Å². The molecule has 4 nitrogen and oxygen atoms in total. The molecule has 5 heteroatoms. The molecule has 0 unspecified atom stereocenters. The van der Waals surface area contributed by atoms with E-state index in [1.165, 1.54) is 23.1 Å². The highest BCUT2D eigenvalue weighted by molar-refractivity contribution is 6.99. The van der Waals surface area contributed by atoms with Crippen LogP contribution in [-0.2, 0) is 18.7 Å². The maximum atomic E-state index is 11.7. The van der Waals surface area contributed by atoms with E-state index in [-0.39, 0.29) is 23.2 Å². The molecular formula is C30H40O4Si. The molecule has 0 spiro atoms. The first kappa shape index (κ1) is 27.1. The molecule has 3 rings (SSSR count). The predicted octanol–water partition coefficient (Wildman–Crippen LogP) is 5.57. The Morgan fingerprint density at radius 2 is 1.57 bits per heavy atom. The molecule has 0 aliphatic carbocycles. The molecule has 0 saturated heterocycles. The van der Waals surface area contributed by atoms with Crippen LogP contribution in [0.4, 0.5) is 0 Å². The largest absolute Gasteiger partial charge is 0.466 e. The fraction of sp³-hybridized carbons (Fsp3) is 0.433. The standard InChI is InChI=1S/C30H40O4Si/c1-23-21-25(22-24(2)29(31)32-6)34-28(23)19-13-14-20-33-35(30(3,4)5,26-15-9-7-10-16-26)27-17-11-8-12-18-27/h7-12,15-18,21-22,25,28H,13-14,19-20H2,1-6H3/b24-22+/t25-,28-/m1/s1. The minimum Gasteiger partial charge on any atom is -0.466 e. The quantitative estimate of drug-likeness (QED) is 0.143. The highest BCUT2D eigenvalue weighted by Gasteiger charge is 2.49. The number of methoxy groups -OCH3 is 1. The number of esters is 1. The molecule has 0 saturated carbocycles. The Morgan fingerprint density at radius 1 is 1.00 bits per heavy atom. The summed E-state index contributed by atoms with van der Waals surface area (Å²) in [5.74, 6) is -0.316. The summed E-state index contributed by atoms with van der Waals surface area (Å²) in [6.45, 7) is 11.5. The number of benzene rings is 2. The summed E-state index contributed by atoms with van der Waals surface area (Å²) in [6, 6.07) is 21.5. The van der Waals surface area contributed by atoms with E-state index in [9.17, 15) is 4.79 Å². The van der Waals surface area contributed by atoms with Gasteiger partial charge in [0.2, 0.25) is 0 Å². The molecule has 0 N–H and O–H groups in total. The van der Waals surface area contributed by atoms with Crippen molar-refractivity contribution in [2.45, 2.75) is 71.1 Å². The van der Waals surface area contributed by atoms with Crippen molar-refractivity contribution in [3.8, 4) is 0 Å². The van der Waals surface area contributed by atoms with Crippen molar-refractivity contribution >= 4 is 24.7 Å². The third-order valence-corrected chi connectivity index (χ3v) is 11.8. The second kappa shape index (κ2) is 12.0. The van der Waals surface area contributed by atoms with Crippen LogP contribution in [0, 0.1) is 0 Å². The van der Waals surface area contributed by atoms with Gasteiger partial charge in [-0.05, 0) is 60.2 Å². The maximum Gasteiger partial charge on any atom is 0.333 e. The van der Waals surface area contributed by atoms with Crippen LogP contribution in [-0.4, -0.2) is 40.2 Å². The van der Waals surface area contributed by atoms with Gasteiger partial charge in [-0.15, -0.1) is 0 Å². The molecule has 35 heavy (non-hydrogen) atoms. The summed E-state index contributed by atoms with van der Waals surface area (Å²) in [5, 5.41) is 2.61. The number of carbonyl (C=O) groups excluding carboxylic acids is 1. The number of carbonyl (C=O) groups is 1. The Hall–Kier alpha value is -2.47. The number of rotatable bonds is 10. The lowest BCUT2D eigenvalue weighted by atomic mass is 10.1. The van der Waals surface area contributed by atoms with Crippen LogP contribution in [0.3, 0.4) is 0 Å². The lowest BCUT2D eigenvalue weighted by molar-refractivity contribution is -0.136. The minimum atomic E-state index is -2.48. The fourth-order valence-corrected chi connectivity index (χ4v) is 9.59. The van der Waals surface area contributed by atoms with Crippen molar-refractivity contribution in [1.82, 2.24) is 0 Å². The number of hydrogen-bond acceptors (Lipinski definition) is 4. The SMILES string of the molecule is COC(=O)/C(C)=C/[C@H]1C=C(C)[C@@H](CCCCO[Si](c2ccccc2)(c2ccccc2)C(C)(C)C)O1. The van der Waals surface area contributed by atoms with Gasteiger partial charge in [-0.1, -0.05) is 87.5 Å². The molecule has 2 atom stereocenters. The Bertz CT molecular complexity index is 982. The lowest BCUT2D eigenvalue weighted by Gasteiger charge is -2.43. The second-order valence-electron chi connectivity index (χ2n) is 10.3. The maximum absolute atomic E-state index is 11.7. The first-order valence-electron chi connectivity index (χ1n) is 12.5. The van der Waals surface area contributed by atoms with Crippen molar-refractivity contribution < 1.29 is 18.7 Å². The molecule has 2 aromatic carbocycles. The highest BCUT2D eigenvalue weighted by Crippen LogP contribution is 2.37. The first-order valence-corrected chi connectivity index (χ1v) is 14.5. The fourth-order valence-electron chi connectivity index (χ4n) is 4.98. The Morgan fingerprint density at radius 3 is 2.09 bits per heavy atom. The number of unbranched alkanes of at least 4 members (excludes halogenated alkanes) is 1. The van der Waals surface area contributed by atoms with Gasteiger partial charge in [0.1, 0.15) is 0 Å². The minimum absolute atomic E-state index is 0.0132. The molecule has 1 heterocycles. The number of ether oxygens (including phenoxy) is 2. The molecular weight excluding hydrogens is 452 g/mol. The number of hydrogen-bond donors (Lipinski definition) is 0. The summed E-state index contributed by atoms with van der Waals surface area (Å²) in [5.41, 5.74) is 1.79. The summed E-state index contributed by atoms with van der Waals surface area (Å²) in [7, 11) is -1.09. The van der Waals surface area contributed by atoms with Gasteiger partial charge in [0.05, 0.1) is 19.3 Å². The topological polar surface area (TPSA) is 44.8 Å². The van der Waals surface area contributed by atoms with Crippen LogP contribution in [0.15, 0.2) is 84.0 Å². The molecule has 0 radical (unpaired) electrons. The van der Waals surface area contributed by atoms with E-state index in [0.29, 0.717) is 12.2 Å². The van der Waals surface area contributed by atoms with Gasteiger partial charge < -0.3 is 13.9 Å². The van der Waals surface area contributed by atoms with E-state index in [4.69, 9.17) is 13.9 Å². The van der Waals surface area contributed by atoms with Crippen LogP contribution in [0.2, 0.25) is 5.04 Å². The smallest absolute Gasteiger partial charge is 0.333 e. The molecule has 0 aromatic heterocycles. The average molecular weight is 493 g/mol. The zero-order chi connectivity index (χ0) is 25.5. The van der Waals surface area contributed by atoms with E-state index in [0.717, 1.165) is 19.3 Å². The van der Waals surface area contributed by atoms with Crippen molar-refractivity contribution in [2.75, 3.05) is 13.7 Å². The predicted molar refractivity (Wildman–Crippen MR) is 146 cm³/mol. The Balaban J connectivity index is 1.64. The zero-order valence-electron chi connectivity index (χ0n) is 22.0. The molecule has 0 fully saturated rings. The highest BCUT2D eigenvalue weighted by atomic mass is 28.4. The van der Waals surface area contributed by atoms with Crippen LogP contribution in [0.25, 0.3) is 0 Å². The Kier molecular flexibility index (Phi) is 9.28. The van der Waals surface area contributed by atoms with Gasteiger partial charge in [0.25, 0.3) is 8.32 Å². The molecule has 2 aromatic rings. The van der Waals surface area contributed by atoms with Crippen LogP contribution < -0.4 is 10.4 Å². The normalized spacial score (nSPS) is 18.9. The Labute approximate surface area is 212 Å². The van der Waals surface area contributed by atoms with Crippen molar-refractivity contribution in [1.29, 1.82) is 0 Å². The monoisotopic (exact) mass is 492 g/mol. The van der Waals surface area contributed by atoms with Gasteiger partial charge in [0, 0.05) is 12.2 Å². The molecule has 188 valence electrons. The van der Waals surface area contributed by atoms with E-state index in [2.05, 4.69) is 94.4 Å². The van der Waals surface area contributed by atoms with Gasteiger partial charge in [-0.25, -0.2) is 4.79 Å². The van der Waals surface area contributed by atoms with Crippen molar-refractivity contribution in [2.24, 2.45) is 0 Å². The van der Waals surface area contributed by atoms with Crippen molar-refractivity contribution in [3.05, 3.63) is 84.0 Å². The van der Waals surface area contributed by atoms with Crippen molar-refractivity contribution in [3.63, 3.8) is 0 Å². The molecule has 0 amide bonds. The van der Waals surface area contributed by atoms with Crippen LogP contribution in [0.1, 0.15) is 53.9 Å². The molecule has 1 aliphatic heterocycles. The summed E-state index contributed by atoms with van der Waals surface area (Å²) in [6.07, 6.45) is 6.76.